The Labute approximate surface area is 112 Å². The lowest BCUT2D eigenvalue weighted by molar-refractivity contribution is 0.289. The summed E-state index contributed by atoms with van der Waals surface area (Å²) in [4.78, 5) is 0. The molecule has 18 heavy (non-hydrogen) atoms. The second-order valence-corrected chi connectivity index (χ2v) is 4.84. The van der Waals surface area contributed by atoms with Crippen molar-refractivity contribution in [2.24, 2.45) is 0 Å². The molecule has 96 valence electrons. The van der Waals surface area contributed by atoms with Crippen molar-refractivity contribution in [3.05, 3.63) is 41.7 Å². The van der Waals surface area contributed by atoms with E-state index in [1.165, 1.54) is 5.56 Å². The van der Waals surface area contributed by atoms with E-state index < -0.39 is 0 Å². The molecule has 1 atom stereocenters. The predicted octanol–water partition coefficient (Wildman–Crippen LogP) is 2.97. The number of aryl methyl sites for hydroxylation is 1. The van der Waals surface area contributed by atoms with Gasteiger partial charge in [0.15, 0.2) is 0 Å². The highest BCUT2D eigenvalue weighted by atomic mass is 35.5. The fraction of sp³-hybridized carbons (Fsp3) is 0.385. The van der Waals surface area contributed by atoms with Gasteiger partial charge >= 0.3 is 0 Å². The van der Waals surface area contributed by atoms with Gasteiger partial charge in [-0.3, -0.25) is 0 Å². The van der Waals surface area contributed by atoms with Gasteiger partial charge in [-0.05, 0) is 31.5 Å². The molecule has 0 aliphatic heterocycles. The normalized spacial score (nSPS) is 12.4. The Balaban J connectivity index is 1.84. The minimum atomic E-state index is -0.114. The van der Waals surface area contributed by atoms with Gasteiger partial charge in [0.25, 0.3) is 0 Å². The molecule has 0 bridgehead atoms. The number of hydrogen-bond donors (Lipinski definition) is 0. The summed E-state index contributed by atoms with van der Waals surface area (Å²) in [5.74, 6) is 0.876. The molecule has 0 radical (unpaired) electrons. The van der Waals surface area contributed by atoms with E-state index in [-0.39, 0.29) is 5.38 Å². The quantitative estimate of drug-likeness (QED) is 0.781. The van der Waals surface area contributed by atoms with E-state index in [1.807, 2.05) is 44.3 Å². The van der Waals surface area contributed by atoms with Gasteiger partial charge in [0.2, 0.25) is 0 Å². The van der Waals surface area contributed by atoms with Gasteiger partial charge in [0.05, 0.1) is 18.1 Å². The number of rotatable bonds is 5. The standard InChI is InChI=1S/C13H16ClN3O/c1-10-4-3-5-12(8-10)18-7-6-17-9-13(11(2)14)15-16-17/h3-5,8-9,11H,6-7H2,1-2H3. The maximum atomic E-state index is 5.92. The third kappa shape index (κ3) is 3.47. The zero-order valence-electron chi connectivity index (χ0n) is 10.5. The second-order valence-electron chi connectivity index (χ2n) is 4.19. The number of halogens is 1. The van der Waals surface area contributed by atoms with E-state index in [9.17, 15) is 0 Å². The highest BCUT2D eigenvalue weighted by Crippen LogP contribution is 2.15. The molecule has 0 spiro atoms. The molecule has 1 aromatic heterocycles. The first kappa shape index (κ1) is 12.9. The fourth-order valence-corrected chi connectivity index (χ4v) is 1.67. The van der Waals surface area contributed by atoms with E-state index in [0.29, 0.717) is 13.2 Å². The van der Waals surface area contributed by atoms with Crippen molar-refractivity contribution in [3.63, 3.8) is 0 Å². The van der Waals surface area contributed by atoms with Crippen LogP contribution in [-0.4, -0.2) is 21.6 Å². The summed E-state index contributed by atoms with van der Waals surface area (Å²) >= 11 is 5.92. The Bertz CT molecular complexity index is 510. The molecule has 0 amide bonds. The maximum Gasteiger partial charge on any atom is 0.119 e. The molecule has 0 saturated carbocycles. The number of nitrogens with zero attached hydrogens (tertiary/aromatic N) is 3. The second kappa shape index (κ2) is 5.87. The number of aromatic nitrogens is 3. The molecule has 0 N–H and O–H groups in total. The maximum absolute atomic E-state index is 5.92. The summed E-state index contributed by atoms with van der Waals surface area (Å²) in [6, 6.07) is 7.97. The van der Waals surface area contributed by atoms with Crippen LogP contribution in [0.5, 0.6) is 5.75 Å². The molecular weight excluding hydrogens is 250 g/mol. The predicted molar refractivity (Wildman–Crippen MR) is 71.0 cm³/mol. The van der Waals surface area contributed by atoms with Crippen molar-refractivity contribution in [1.29, 1.82) is 0 Å². The third-order valence-corrected chi connectivity index (χ3v) is 2.77. The van der Waals surface area contributed by atoms with Crippen LogP contribution in [0.25, 0.3) is 0 Å². The van der Waals surface area contributed by atoms with Crippen molar-refractivity contribution in [2.45, 2.75) is 25.8 Å². The van der Waals surface area contributed by atoms with Crippen molar-refractivity contribution >= 4 is 11.6 Å². The number of alkyl halides is 1. The van der Waals surface area contributed by atoms with Crippen molar-refractivity contribution in [2.75, 3.05) is 6.61 Å². The third-order valence-electron chi connectivity index (χ3n) is 2.54. The lowest BCUT2D eigenvalue weighted by atomic mass is 10.2. The molecule has 1 heterocycles. The summed E-state index contributed by atoms with van der Waals surface area (Å²) in [7, 11) is 0. The smallest absolute Gasteiger partial charge is 0.119 e. The van der Waals surface area contributed by atoms with E-state index in [4.69, 9.17) is 16.3 Å². The first-order chi connectivity index (χ1) is 8.65. The Kier molecular flexibility index (Phi) is 4.20. The molecule has 0 aliphatic carbocycles. The van der Waals surface area contributed by atoms with Crippen LogP contribution >= 0.6 is 11.6 Å². The molecule has 0 fully saturated rings. The summed E-state index contributed by atoms with van der Waals surface area (Å²) in [5.41, 5.74) is 1.97. The van der Waals surface area contributed by atoms with Crippen LogP contribution in [0.1, 0.15) is 23.6 Å². The van der Waals surface area contributed by atoms with Crippen LogP contribution in [0.15, 0.2) is 30.5 Å². The first-order valence-electron chi connectivity index (χ1n) is 5.89. The highest BCUT2D eigenvalue weighted by Gasteiger charge is 2.06. The van der Waals surface area contributed by atoms with E-state index in [0.717, 1.165) is 11.4 Å². The van der Waals surface area contributed by atoms with Gasteiger partial charge < -0.3 is 4.74 Å². The largest absolute Gasteiger partial charge is 0.492 e. The number of benzene rings is 1. The van der Waals surface area contributed by atoms with Gasteiger partial charge in [-0.25, -0.2) is 4.68 Å². The van der Waals surface area contributed by atoms with Crippen LogP contribution < -0.4 is 4.74 Å². The molecule has 4 nitrogen and oxygen atoms in total. The summed E-state index contributed by atoms with van der Waals surface area (Å²) in [5, 5.41) is 7.85. The Morgan fingerprint density at radius 3 is 2.94 bits per heavy atom. The lowest BCUT2D eigenvalue weighted by Gasteiger charge is -2.06. The van der Waals surface area contributed by atoms with E-state index in [1.54, 1.807) is 4.68 Å². The van der Waals surface area contributed by atoms with Crippen LogP contribution in [0.2, 0.25) is 0 Å². The minimum absolute atomic E-state index is 0.114. The molecule has 1 unspecified atom stereocenters. The van der Waals surface area contributed by atoms with Crippen LogP contribution in [0, 0.1) is 6.92 Å². The van der Waals surface area contributed by atoms with Gasteiger partial charge in [0.1, 0.15) is 18.1 Å². The molecule has 1 aromatic carbocycles. The van der Waals surface area contributed by atoms with Gasteiger partial charge in [0, 0.05) is 0 Å². The minimum Gasteiger partial charge on any atom is -0.492 e. The van der Waals surface area contributed by atoms with Gasteiger partial charge in [-0.15, -0.1) is 16.7 Å². The summed E-state index contributed by atoms with van der Waals surface area (Å²) in [6.45, 7) is 5.13. The Morgan fingerprint density at radius 2 is 2.28 bits per heavy atom. The Morgan fingerprint density at radius 1 is 1.44 bits per heavy atom. The van der Waals surface area contributed by atoms with Crippen LogP contribution in [-0.2, 0) is 6.54 Å². The average molecular weight is 266 g/mol. The average Bonchev–Trinajstić information content (AvgIpc) is 2.78. The first-order valence-corrected chi connectivity index (χ1v) is 6.32. The SMILES string of the molecule is Cc1cccc(OCCn2cc(C(C)Cl)nn2)c1. The Hall–Kier alpha value is -1.55. The zero-order chi connectivity index (χ0) is 13.0. The van der Waals surface area contributed by atoms with Crippen molar-refractivity contribution in [3.8, 4) is 5.75 Å². The van der Waals surface area contributed by atoms with Gasteiger partial charge in [-0.2, -0.15) is 0 Å². The summed E-state index contributed by atoms with van der Waals surface area (Å²) < 4.78 is 7.38. The molecule has 2 rings (SSSR count). The van der Waals surface area contributed by atoms with E-state index in [2.05, 4.69) is 10.3 Å². The summed E-state index contributed by atoms with van der Waals surface area (Å²) in [6.07, 6.45) is 1.84. The van der Waals surface area contributed by atoms with E-state index >= 15 is 0 Å². The highest BCUT2D eigenvalue weighted by molar-refractivity contribution is 6.20. The molecule has 0 saturated heterocycles. The molecule has 5 heteroatoms. The van der Waals surface area contributed by atoms with Crippen molar-refractivity contribution < 1.29 is 4.74 Å². The molecule has 2 aromatic rings. The van der Waals surface area contributed by atoms with Gasteiger partial charge in [-0.1, -0.05) is 17.3 Å². The van der Waals surface area contributed by atoms with Crippen LogP contribution in [0.4, 0.5) is 0 Å². The monoisotopic (exact) mass is 265 g/mol. The zero-order valence-corrected chi connectivity index (χ0v) is 11.3. The molecule has 0 aliphatic rings. The number of ether oxygens (including phenoxy) is 1. The molecular formula is C13H16ClN3O. The topological polar surface area (TPSA) is 39.9 Å². The lowest BCUT2D eigenvalue weighted by Crippen LogP contribution is -2.08. The number of hydrogen-bond acceptors (Lipinski definition) is 3. The van der Waals surface area contributed by atoms with Crippen LogP contribution in [0.3, 0.4) is 0 Å². The fourth-order valence-electron chi connectivity index (χ4n) is 1.57. The van der Waals surface area contributed by atoms with Crippen molar-refractivity contribution in [1.82, 2.24) is 15.0 Å².